The molecule has 1 aromatic carbocycles. The van der Waals surface area contributed by atoms with Gasteiger partial charge in [0.15, 0.2) is 0 Å². The van der Waals surface area contributed by atoms with E-state index in [-0.39, 0.29) is 12.2 Å². The summed E-state index contributed by atoms with van der Waals surface area (Å²) in [5, 5.41) is 0. The van der Waals surface area contributed by atoms with Crippen LogP contribution in [0.15, 0.2) is 36.0 Å². The van der Waals surface area contributed by atoms with Gasteiger partial charge in [0.25, 0.3) is 5.78 Å². The maximum atomic E-state index is 12.3. The van der Waals surface area contributed by atoms with Crippen LogP contribution in [0.5, 0.6) is 0 Å². The fraction of sp³-hybridized carbons (Fsp3) is 0.267. The molecule has 1 rings (SSSR count). The van der Waals surface area contributed by atoms with Crippen LogP contribution in [0.3, 0.4) is 0 Å². The SMILES string of the molecule is C#CCN(/C(C)=C/C(=O)C(F)(F)F)c1ccc(C)cc1. The van der Waals surface area contributed by atoms with E-state index in [0.717, 1.165) is 5.56 Å². The number of alkyl halides is 3. The smallest absolute Gasteiger partial charge is 0.334 e. The van der Waals surface area contributed by atoms with Crippen LogP contribution in [-0.2, 0) is 4.79 Å². The summed E-state index contributed by atoms with van der Waals surface area (Å²) in [6, 6.07) is 7.11. The van der Waals surface area contributed by atoms with Crippen LogP contribution >= 0.6 is 0 Å². The molecule has 20 heavy (non-hydrogen) atoms. The van der Waals surface area contributed by atoms with E-state index in [2.05, 4.69) is 5.92 Å². The summed E-state index contributed by atoms with van der Waals surface area (Å²) in [5.74, 6) is 0.467. The molecule has 0 N–H and O–H groups in total. The molecule has 2 nitrogen and oxygen atoms in total. The lowest BCUT2D eigenvalue weighted by Gasteiger charge is -2.23. The summed E-state index contributed by atoms with van der Waals surface area (Å²) >= 11 is 0. The van der Waals surface area contributed by atoms with Crippen molar-refractivity contribution in [1.82, 2.24) is 0 Å². The van der Waals surface area contributed by atoms with Crippen molar-refractivity contribution >= 4 is 11.5 Å². The minimum Gasteiger partial charge on any atom is -0.334 e. The molecule has 0 saturated heterocycles. The number of carbonyl (C=O) groups is 1. The Bertz CT molecular complexity index is 550. The molecule has 0 bridgehead atoms. The first-order chi connectivity index (χ1) is 9.25. The Kier molecular flexibility index (Phi) is 4.98. The zero-order chi connectivity index (χ0) is 15.3. The standard InChI is InChI=1S/C15H14F3NO/c1-4-9-19(13-7-5-11(2)6-8-13)12(3)10-14(20)15(16,17)18/h1,5-8,10H,9H2,2-3H3/b12-10+. The Labute approximate surface area is 115 Å². The molecule has 0 unspecified atom stereocenters. The molecule has 0 aliphatic rings. The summed E-state index contributed by atoms with van der Waals surface area (Å²) in [6.45, 7) is 3.39. The van der Waals surface area contributed by atoms with Gasteiger partial charge < -0.3 is 4.90 Å². The minimum atomic E-state index is -4.88. The zero-order valence-electron chi connectivity index (χ0n) is 11.2. The van der Waals surface area contributed by atoms with Crippen LogP contribution in [-0.4, -0.2) is 18.5 Å². The lowest BCUT2D eigenvalue weighted by atomic mass is 10.2. The van der Waals surface area contributed by atoms with Gasteiger partial charge in [-0.1, -0.05) is 23.6 Å². The van der Waals surface area contributed by atoms with Crippen molar-refractivity contribution in [2.45, 2.75) is 20.0 Å². The second-order valence-corrected chi connectivity index (χ2v) is 4.27. The van der Waals surface area contributed by atoms with Crippen molar-refractivity contribution in [2.24, 2.45) is 0 Å². The molecule has 0 aromatic heterocycles. The predicted molar refractivity (Wildman–Crippen MR) is 72.2 cm³/mol. The molecule has 5 heteroatoms. The molecule has 106 valence electrons. The van der Waals surface area contributed by atoms with Crippen molar-refractivity contribution in [3.8, 4) is 12.3 Å². The largest absolute Gasteiger partial charge is 0.454 e. The quantitative estimate of drug-likeness (QED) is 0.622. The highest BCUT2D eigenvalue weighted by molar-refractivity contribution is 5.95. The van der Waals surface area contributed by atoms with Crippen LogP contribution in [0.4, 0.5) is 18.9 Å². The fourth-order valence-corrected chi connectivity index (χ4v) is 1.59. The summed E-state index contributed by atoms with van der Waals surface area (Å²) in [5.41, 5.74) is 1.80. The number of hydrogen-bond acceptors (Lipinski definition) is 2. The number of benzene rings is 1. The molecular formula is C15H14F3NO. The van der Waals surface area contributed by atoms with Crippen molar-refractivity contribution in [2.75, 3.05) is 11.4 Å². The number of aryl methyl sites for hydroxylation is 1. The highest BCUT2D eigenvalue weighted by atomic mass is 19.4. The molecule has 0 radical (unpaired) electrons. The molecule has 0 spiro atoms. The number of carbonyl (C=O) groups excluding carboxylic acids is 1. The third-order valence-electron chi connectivity index (χ3n) is 2.64. The maximum Gasteiger partial charge on any atom is 0.454 e. The highest BCUT2D eigenvalue weighted by Crippen LogP contribution is 2.22. The predicted octanol–water partition coefficient (Wildman–Crippen LogP) is 3.47. The molecular weight excluding hydrogens is 267 g/mol. The van der Waals surface area contributed by atoms with Crippen molar-refractivity contribution in [1.29, 1.82) is 0 Å². The van der Waals surface area contributed by atoms with Crippen LogP contribution in [0, 0.1) is 19.3 Å². The first-order valence-electron chi connectivity index (χ1n) is 5.83. The Morgan fingerprint density at radius 3 is 2.35 bits per heavy atom. The number of allylic oxidation sites excluding steroid dienone is 2. The summed E-state index contributed by atoms with van der Waals surface area (Å²) in [4.78, 5) is 12.5. The molecule has 0 fully saturated rings. The lowest BCUT2D eigenvalue weighted by molar-refractivity contribution is -0.165. The van der Waals surface area contributed by atoms with Gasteiger partial charge >= 0.3 is 6.18 Å². The summed E-state index contributed by atoms with van der Waals surface area (Å²) in [7, 11) is 0. The van der Waals surface area contributed by atoms with Gasteiger partial charge in [0.1, 0.15) is 0 Å². The third-order valence-corrected chi connectivity index (χ3v) is 2.64. The van der Waals surface area contributed by atoms with E-state index in [1.54, 1.807) is 12.1 Å². The van der Waals surface area contributed by atoms with Crippen LogP contribution in [0.2, 0.25) is 0 Å². The second kappa shape index (κ2) is 6.29. The molecule has 0 amide bonds. The van der Waals surface area contributed by atoms with E-state index in [4.69, 9.17) is 6.42 Å². The maximum absolute atomic E-state index is 12.3. The van der Waals surface area contributed by atoms with E-state index < -0.39 is 12.0 Å². The van der Waals surface area contributed by atoms with E-state index in [9.17, 15) is 18.0 Å². The van der Waals surface area contributed by atoms with Crippen LogP contribution < -0.4 is 4.90 Å². The topological polar surface area (TPSA) is 20.3 Å². The van der Waals surface area contributed by atoms with Gasteiger partial charge in [0.2, 0.25) is 0 Å². The first-order valence-corrected chi connectivity index (χ1v) is 5.83. The van der Waals surface area contributed by atoms with Crippen molar-refractivity contribution in [3.63, 3.8) is 0 Å². The molecule has 0 aliphatic carbocycles. The van der Waals surface area contributed by atoms with Gasteiger partial charge in [0.05, 0.1) is 6.54 Å². The number of halogens is 3. The van der Waals surface area contributed by atoms with E-state index in [0.29, 0.717) is 11.8 Å². The number of ketones is 1. The number of hydrogen-bond donors (Lipinski definition) is 0. The molecule has 0 aliphatic heterocycles. The third kappa shape index (κ3) is 4.16. The molecule has 0 heterocycles. The number of terminal acetylenes is 1. The van der Waals surface area contributed by atoms with E-state index >= 15 is 0 Å². The van der Waals surface area contributed by atoms with Crippen molar-refractivity contribution in [3.05, 3.63) is 41.6 Å². The molecule has 1 aromatic rings. The fourth-order valence-electron chi connectivity index (χ4n) is 1.59. The van der Waals surface area contributed by atoms with Gasteiger partial charge in [-0.05, 0) is 26.0 Å². The Balaban J connectivity index is 3.08. The van der Waals surface area contributed by atoms with Crippen molar-refractivity contribution < 1.29 is 18.0 Å². The van der Waals surface area contributed by atoms with Gasteiger partial charge in [-0.25, -0.2) is 0 Å². The monoisotopic (exact) mass is 281 g/mol. The first kappa shape index (κ1) is 15.8. The molecule has 0 saturated carbocycles. The normalized spacial score (nSPS) is 11.9. The van der Waals surface area contributed by atoms with Crippen LogP contribution in [0.1, 0.15) is 12.5 Å². The second-order valence-electron chi connectivity index (χ2n) is 4.27. The average Bonchev–Trinajstić information content (AvgIpc) is 2.36. The number of rotatable bonds is 4. The van der Waals surface area contributed by atoms with Gasteiger partial charge in [0, 0.05) is 17.5 Å². The Morgan fingerprint density at radius 1 is 1.35 bits per heavy atom. The highest BCUT2D eigenvalue weighted by Gasteiger charge is 2.36. The zero-order valence-corrected chi connectivity index (χ0v) is 11.2. The van der Waals surface area contributed by atoms with Gasteiger partial charge in [-0.2, -0.15) is 13.2 Å². The van der Waals surface area contributed by atoms with Crippen LogP contribution in [0.25, 0.3) is 0 Å². The Hall–Kier alpha value is -2.22. The summed E-state index contributed by atoms with van der Waals surface area (Å²) in [6.07, 6.45) is 0.899. The Morgan fingerprint density at radius 2 is 1.90 bits per heavy atom. The number of nitrogens with zero attached hydrogens (tertiary/aromatic N) is 1. The van der Waals surface area contributed by atoms with E-state index in [1.165, 1.54) is 11.8 Å². The van der Waals surface area contributed by atoms with E-state index in [1.807, 2.05) is 19.1 Å². The number of anilines is 1. The van der Waals surface area contributed by atoms with Gasteiger partial charge in [-0.15, -0.1) is 6.42 Å². The lowest BCUT2D eigenvalue weighted by Crippen LogP contribution is -2.26. The minimum absolute atomic E-state index is 0.0799. The summed E-state index contributed by atoms with van der Waals surface area (Å²) < 4.78 is 36.8. The average molecular weight is 281 g/mol. The van der Waals surface area contributed by atoms with Gasteiger partial charge in [-0.3, -0.25) is 4.79 Å². The molecule has 0 atom stereocenters.